The smallest absolute Gasteiger partial charge is 0.306 e. The number of carbonyl (C=O) groups is 1. The second-order valence-corrected chi connectivity index (χ2v) is 5.27. The molecule has 94 valence electrons. The van der Waals surface area contributed by atoms with E-state index in [4.69, 9.17) is 10.5 Å². The van der Waals surface area contributed by atoms with Gasteiger partial charge < -0.3 is 10.5 Å². The van der Waals surface area contributed by atoms with Crippen molar-refractivity contribution in [2.75, 3.05) is 7.11 Å². The van der Waals surface area contributed by atoms with Crippen molar-refractivity contribution in [2.24, 2.45) is 17.1 Å². The maximum Gasteiger partial charge on any atom is 0.306 e. The summed E-state index contributed by atoms with van der Waals surface area (Å²) in [6, 6.07) is 0.0703. The molecule has 3 atom stereocenters. The Morgan fingerprint density at radius 2 is 2.31 bits per heavy atom. The van der Waals surface area contributed by atoms with Crippen LogP contribution in [-0.4, -0.2) is 19.1 Å². The van der Waals surface area contributed by atoms with Gasteiger partial charge in [0.15, 0.2) is 0 Å². The molecule has 1 saturated carbocycles. The first kappa shape index (κ1) is 13.5. The maximum atomic E-state index is 11.5. The molecule has 1 rings (SSSR count). The minimum Gasteiger partial charge on any atom is -0.469 e. The van der Waals surface area contributed by atoms with Gasteiger partial charge in [-0.1, -0.05) is 26.2 Å². The summed E-state index contributed by atoms with van der Waals surface area (Å²) in [6.45, 7) is 4.25. The molecule has 0 heterocycles. The Hall–Kier alpha value is -0.570. The van der Waals surface area contributed by atoms with Crippen molar-refractivity contribution in [2.45, 2.75) is 58.4 Å². The van der Waals surface area contributed by atoms with Crippen molar-refractivity contribution in [1.82, 2.24) is 0 Å². The molecule has 1 aliphatic rings. The molecule has 0 aromatic heterocycles. The third-order valence-corrected chi connectivity index (χ3v) is 4.25. The fraction of sp³-hybridized carbons (Fsp3) is 0.923. The van der Waals surface area contributed by atoms with Gasteiger partial charge >= 0.3 is 5.97 Å². The predicted octanol–water partition coefficient (Wildman–Crippen LogP) is 2.48. The van der Waals surface area contributed by atoms with E-state index in [1.165, 1.54) is 26.4 Å². The molecule has 16 heavy (non-hydrogen) atoms. The van der Waals surface area contributed by atoms with Crippen LogP contribution >= 0.6 is 0 Å². The van der Waals surface area contributed by atoms with E-state index in [1.807, 2.05) is 6.92 Å². The second kappa shape index (κ2) is 5.67. The third-order valence-electron chi connectivity index (χ3n) is 4.25. The first-order valence-corrected chi connectivity index (χ1v) is 6.36. The van der Waals surface area contributed by atoms with Gasteiger partial charge in [0.05, 0.1) is 13.5 Å². The zero-order valence-corrected chi connectivity index (χ0v) is 10.8. The lowest BCUT2D eigenvalue weighted by Crippen LogP contribution is -2.44. The van der Waals surface area contributed by atoms with E-state index < -0.39 is 0 Å². The van der Waals surface area contributed by atoms with Gasteiger partial charge in [-0.05, 0) is 31.1 Å². The number of carbonyl (C=O) groups excluding carboxylic acids is 1. The summed E-state index contributed by atoms with van der Waals surface area (Å²) in [4.78, 5) is 11.5. The van der Waals surface area contributed by atoms with E-state index >= 15 is 0 Å². The van der Waals surface area contributed by atoms with Crippen molar-refractivity contribution in [3.05, 3.63) is 0 Å². The average Bonchev–Trinajstić information content (AvgIpc) is 2.28. The Morgan fingerprint density at radius 3 is 2.81 bits per heavy atom. The van der Waals surface area contributed by atoms with Crippen LogP contribution in [-0.2, 0) is 9.53 Å². The van der Waals surface area contributed by atoms with Crippen LogP contribution in [0, 0.1) is 11.3 Å². The van der Waals surface area contributed by atoms with Crippen molar-refractivity contribution in [1.29, 1.82) is 0 Å². The molecule has 0 aromatic rings. The van der Waals surface area contributed by atoms with Gasteiger partial charge in [-0.25, -0.2) is 0 Å². The topological polar surface area (TPSA) is 52.3 Å². The number of hydrogen-bond donors (Lipinski definition) is 1. The van der Waals surface area contributed by atoms with Crippen molar-refractivity contribution < 1.29 is 9.53 Å². The normalized spacial score (nSPS) is 32.1. The largest absolute Gasteiger partial charge is 0.469 e. The summed E-state index contributed by atoms with van der Waals surface area (Å²) >= 11 is 0. The Kier molecular flexibility index (Phi) is 4.78. The molecule has 2 N–H and O–H groups in total. The van der Waals surface area contributed by atoms with Gasteiger partial charge in [-0.2, -0.15) is 0 Å². The van der Waals surface area contributed by atoms with Crippen molar-refractivity contribution in [3.8, 4) is 0 Å². The number of nitrogens with two attached hydrogens (primary N) is 1. The SMILES string of the molecule is CCC1CCCC(CC(=O)OC)(C(C)N)C1. The maximum absolute atomic E-state index is 11.5. The van der Waals surface area contributed by atoms with Crippen LogP contribution in [0.4, 0.5) is 0 Å². The molecule has 3 heteroatoms. The van der Waals surface area contributed by atoms with Gasteiger partial charge in [0.1, 0.15) is 0 Å². The highest BCUT2D eigenvalue weighted by Gasteiger charge is 2.40. The molecule has 0 radical (unpaired) electrons. The fourth-order valence-electron chi connectivity index (χ4n) is 2.97. The summed E-state index contributed by atoms with van der Waals surface area (Å²) in [5.41, 5.74) is 6.09. The quantitative estimate of drug-likeness (QED) is 0.751. The van der Waals surface area contributed by atoms with Crippen LogP contribution in [0.5, 0.6) is 0 Å². The highest BCUT2D eigenvalue weighted by molar-refractivity contribution is 5.70. The van der Waals surface area contributed by atoms with E-state index in [2.05, 4.69) is 6.92 Å². The van der Waals surface area contributed by atoms with Gasteiger partial charge in [-0.15, -0.1) is 0 Å². The first-order valence-electron chi connectivity index (χ1n) is 6.36. The molecule has 0 bridgehead atoms. The van der Waals surface area contributed by atoms with Crippen LogP contribution in [0.3, 0.4) is 0 Å². The highest BCUT2D eigenvalue weighted by atomic mass is 16.5. The lowest BCUT2D eigenvalue weighted by atomic mass is 9.64. The molecular weight excluding hydrogens is 202 g/mol. The standard InChI is InChI=1S/C13H25NO2/c1-4-11-6-5-7-13(8-11,10(2)14)9-12(15)16-3/h10-11H,4-9,14H2,1-3H3. The monoisotopic (exact) mass is 227 g/mol. The van der Waals surface area contributed by atoms with E-state index in [0.29, 0.717) is 6.42 Å². The second-order valence-electron chi connectivity index (χ2n) is 5.27. The zero-order valence-electron chi connectivity index (χ0n) is 10.8. The van der Waals surface area contributed by atoms with Crippen LogP contribution in [0.1, 0.15) is 52.4 Å². The minimum atomic E-state index is -0.117. The predicted molar refractivity (Wildman–Crippen MR) is 65.0 cm³/mol. The molecule has 0 saturated heterocycles. The number of esters is 1. The van der Waals surface area contributed by atoms with Gasteiger partial charge in [0.25, 0.3) is 0 Å². The molecule has 0 spiro atoms. The Labute approximate surface area is 98.7 Å². The van der Waals surface area contributed by atoms with E-state index in [-0.39, 0.29) is 17.4 Å². The third kappa shape index (κ3) is 2.97. The number of ether oxygens (including phenoxy) is 1. The Balaban J connectivity index is 2.75. The van der Waals surface area contributed by atoms with Crippen LogP contribution < -0.4 is 5.73 Å². The van der Waals surface area contributed by atoms with Crippen LogP contribution in [0.2, 0.25) is 0 Å². The van der Waals surface area contributed by atoms with E-state index in [0.717, 1.165) is 18.8 Å². The van der Waals surface area contributed by atoms with Crippen LogP contribution in [0.15, 0.2) is 0 Å². The zero-order chi connectivity index (χ0) is 12.2. The molecule has 1 aliphatic carbocycles. The fourth-order valence-corrected chi connectivity index (χ4v) is 2.97. The lowest BCUT2D eigenvalue weighted by Gasteiger charge is -2.43. The minimum absolute atomic E-state index is 0.0218. The average molecular weight is 227 g/mol. The van der Waals surface area contributed by atoms with Crippen molar-refractivity contribution in [3.63, 3.8) is 0 Å². The Bertz CT molecular complexity index is 240. The number of hydrogen-bond acceptors (Lipinski definition) is 3. The van der Waals surface area contributed by atoms with Gasteiger partial charge in [0, 0.05) is 6.04 Å². The molecular formula is C13H25NO2. The van der Waals surface area contributed by atoms with E-state index in [9.17, 15) is 4.79 Å². The van der Waals surface area contributed by atoms with Crippen molar-refractivity contribution >= 4 is 5.97 Å². The number of rotatable bonds is 4. The molecule has 0 aromatic carbocycles. The molecule has 3 unspecified atom stereocenters. The molecule has 0 amide bonds. The summed E-state index contributed by atoms with van der Waals surface area (Å²) in [5.74, 6) is 0.610. The van der Waals surface area contributed by atoms with Crippen LogP contribution in [0.25, 0.3) is 0 Å². The lowest BCUT2D eigenvalue weighted by molar-refractivity contribution is -0.144. The first-order chi connectivity index (χ1) is 7.54. The van der Waals surface area contributed by atoms with Gasteiger partial charge in [-0.3, -0.25) is 4.79 Å². The van der Waals surface area contributed by atoms with E-state index in [1.54, 1.807) is 0 Å². The summed E-state index contributed by atoms with van der Waals surface area (Å²) in [5, 5.41) is 0. The molecule has 3 nitrogen and oxygen atoms in total. The molecule has 1 fully saturated rings. The molecule has 0 aliphatic heterocycles. The summed E-state index contributed by atoms with van der Waals surface area (Å²) in [6.07, 6.45) is 6.29. The highest BCUT2D eigenvalue weighted by Crippen LogP contribution is 2.45. The summed E-state index contributed by atoms with van der Waals surface area (Å²) in [7, 11) is 1.46. The Morgan fingerprint density at radius 1 is 1.62 bits per heavy atom. The summed E-state index contributed by atoms with van der Waals surface area (Å²) < 4.78 is 4.80. The van der Waals surface area contributed by atoms with Gasteiger partial charge in [0.2, 0.25) is 0 Å². The number of methoxy groups -OCH3 is 1.